The van der Waals surface area contributed by atoms with E-state index in [2.05, 4.69) is 54.5 Å². The van der Waals surface area contributed by atoms with Crippen molar-refractivity contribution >= 4 is 52.3 Å². The molecule has 0 aliphatic carbocycles. The summed E-state index contributed by atoms with van der Waals surface area (Å²) in [6.45, 7) is 11.1. The largest absolute Gasteiger partial charge is 0.308 e. The van der Waals surface area contributed by atoms with Gasteiger partial charge in [-0.15, -0.1) is 0 Å². The zero-order chi connectivity index (χ0) is 24.7. The predicted molar refractivity (Wildman–Crippen MR) is 152 cm³/mol. The van der Waals surface area contributed by atoms with E-state index >= 15 is 0 Å². The van der Waals surface area contributed by atoms with Gasteiger partial charge in [-0.1, -0.05) is 77.8 Å². The number of hydrogen-bond acceptors (Lipinski definition) is 2. The van der Waals surface area contributed by atoms with Gasteiger partial charge in [-0.2, -0.15) is 0 Å². The topological polar surface area (TPSA) is 6.48 Å². The Kier molecular flexibility index (Phi) is 7.01. The molecule has 180 valence electrons. The van der Waals surface area contributed by atoms with Crippen LogP contribution in [0.15, 0.2) is 72.9 Å². The second kappa shape index (κ2) is 10.0. The first-order valence-corrected chi connectivity index (χ1v) is 13.3. The molecule has 2 aliphatic heterocycles. The smallest absolute Gasteiger partial charge is 0.0835 e. The number of para-hydroxylation sites is 1. The highest BCUT2D eigenvalue weighted by molar-refractivity contribution is 6.39. The zero-order valence-electron chi connectivity index (χ0n) is 20.1. The minimum absolute atomic E-state index is 0.472. The van der Waals surface area contributed by atoms with Crippen LogP contribution in [-0.2, 0) is 0 Å². The van der Waals surface area contributed by atoms with Crippen LogP contribution in [0.4, 0.5) is 11.4 Å². The van der Waals surface area contributed by atoms with Crippen LogP contribution in [0.25, 0.3) is 17.2 Å². The fourth-order valence-electron chi connectivity index (χ4n) is 5.28. The average Bonchev–Trinajstić information content (AvgIpc) is 2.85. The lowest BCUT2D eigenvalue weighted by Crippen LogP contribution is -2.37. The van der Waals surface area contributed by atoms with Gasteiger partial charge in [-0.3, -0.25) is 0 Å². The van der Waals surface area contributed by atoms with Gasteiger partial charge < -0.3 is 9.80 Å². The van der Waals surface area contributed by atoms with E-state index in [0.717, 1.165) is 64.7 Å². The van der Waals surface area contributed by atoms with Gasteiger partial charge in [0.05, 0.1) is 21.4 Å². The molecule has 2 nitrogen and oxygen atoms in total. The summed E-state index contributed by atoms with van der Waals surface area (Å²) >= 11 is 20.1. The molecule has 0 aromatic heterocycles. The molecule has 0 N–H and O–H groups in total. The first-order chi connectivity index (χ1) is 16.8. The third-order valence-corrected chi connectivity index (χ3v) is 8.15. The molecule has 2 aliphatic rings. The van der Waals surface area contributed by atoms with E-state index in [1.54, 1.807) is 0 Å². The maximum Gasteiger partial charge on any atom is 0.0835 e. The number of rotatable bonds is 4. The van der Waals surface area contributed by atoms with Gasteiger partial charge in [0, 0.05) is 27.9 Å². The first kappa shape index (κ1) is 24.5. The van der Waals surface area contributed by atoms with Gasteiger partial charge >= 0.3 is 0 Å². The fraction of sp³-hybridized carbons (Fsp3) is 0.267. The molecule has 5 rings (SSSR count). The van der Waals surface area contributed by atoms with E-state index in [9.17, 15) is 0 Å². The normalized spacial score (nSPS) is 16.7. The number of halogens is 3. The van der Waals surface area contributed by atoms with Crippen LogP contribution in [-0.4, -0.2) is 24.0 Å². The number of piperidine rings is 1. The number of hydrogen-bond donors (Lipinski definition) is 0. The molecule has 0 amide bonds. The second-order valence-corrected chi connectivity index (χ2v) is 10.8. The Morgan fingerprint density at radius 1 is 0.829 bits per heavy atom. The van der Waals surface area contributed by atoms with E-state index in [4.69, 9.17) is 34.8 Å². The number of nitrogens with zero attached hydrogens (tertiary/aromatic N) is 2. The Morgan fingerprint density at radius 2 is 1.49 bits per heavy atom. The van der Waals surface area contributed by atoms with Crippen LogP contribution in [0.1, 0.15) is 43.7 Å². The Labute approximate surface area is 223 Å². The molecule has 0 radical (unpaired) electrons. The molecule has 0 spiro atoms. The second-order valence-electron chi connectivity index (χ2n) is 9.62. The lowest BCUT2D eigenvalue weighted by atomic mass is 9.84. The van der Waals surface area contributed by atoms with Crippen molar-refractivity contribution in [2.24, 2.45) is 0 Å². The maximum absolute atomic E-state index is 6.72. The molecule has 0 atom stereocenters. The van der Waals surface area contributed by atoms with Crippen molar-refractivity contribution in [3.05, 3.63) is 99.1 Å². The lowest BCUT2D eigenvalue weighted by Gasteiger charge is -2.37. The summed E-state index contributed by atoms with van der Waals surface area (Å²) in [5, 5.41) is 1.92. The standard InChI is InChI=1S/C30H29Cl3N2/c1-19(2)34-15-13-21(14-16-34)22-17-25(23-7-4-5-8-26(23)31)24-12-11-20(3)35(29(24)18-22)30-27(32)9-6-10-28(30)33/h4-12,17-19,21H,3,13-16H2,1-2H3. The van der Waals surface area contributed by atoms with Crippen LogP contribution in [0, 0.1) is 0 Å². The van der Waals surface area contributed by atoms with E-state index in [-0.39, 0.29) is 0 Å². The highest BCUT2D eigenvalue weighted by atomic mass is 35.5. The summed E-state index contributed by atoms with van der Waals surface area (Å²) in [7, 11) is 0. The number of fused-ring (bicyclic) bond motifs is 1. The summed E-state index contributed by atoms with van der Waals surface area (Å²) in [5.74, 6) is 0.472. The molecule has 1 saturated heterocycles. The molecule has 0 unspecified atom stereocenters. The highest BCUT2D eigenvalue weighted by Crippen LogP contribution is 2.48. The Bertz CT molecular complexity index is 1280. The van der Waals surface area contributed by atoms with Crippen molar-refractivity contribution in [3.8, 4) is 11.1 Å². The van der Waals surface area contributed by atoms with E-state index < -0.39 is 0 Å². The van der Waals surface area contributed by atoms with Gasteiger partial charge in [-0.25, -0.2) is 0 Å². The number of benzene rings is 3. The van der Waals surface area contributed by atoms with Gasteiger partial charge in [0.2, 0.25) is 0 Å². The number of likely N-dealkylation sites (tertiary alicyclic amines) is 1. The predicted octanol–water partition coefficient (Wildman–Crippen LogP) is 9.58. The first-order valence-electron chi connectivity index (χ1n) is 12.1. The summed E-state index contributed by atoms with van der Waals surface area (Å²) in [4.78, 5) is 4.65. The van der Waals surface area contributed by atoms with Crippen molar-refractivity contribution in [2.45, 2.75) is 38.6 Å². The molecular formula is C30H29Cl3N2. The molecule has 0 saturated carbocycles. The monoisotopic (exact) mass is 522 g/mol. The minimum atomic E-state index is 0.472. The summed E-state index contributed by atoms with van der Waals surface area (Å²) in [5.41, 5.74) is 7.16. The molecule has 3 aromatic carbocycles. The molecule has 35 heavy (non-hydrogen) atoms. The van der Waals surface area contributed by atoms with Crippen molar-refractivity contribution < 1.29 is 0 Å². The Hall–Kier alpha value is -2.23. The van der Waals surface area contributed by atoms with E-state index in [0.29, 0.717) is 22.0 Å². The average molecular weight is 524 g/mol. The quantitative estimate of drug-likeness (QED) is 0.336. The molecule has 5 heteroatoms. The molecular weight excluding hydrogens is 495 g/mol. The molecule has 2 heterocycles. The summed E-state index contributed by atoms with van der Waals surface area (Å²) < 4.78 is 0. The number of allylic oxidation sites excluding steroid dienone is 1. The van der Waals surface area contributed by atoms with Crippen LogP contribution >= 0.6 is 34.8 Å². The van der Waals surface area contributed by atoms with E-state index in [1.807, 2.05) is 42.5 Å². The van der Waals surface area contributed by atoms with Crippen LogP contribution in [0.3, 0.4) is 0 Å². The van der Waals surface area contributed by atoms with Crippen molar-refractivity contribution in [3.63, 3.8) is 0 Å². The highest BCUT2D eigenvalue weighted by Gasteiger charge is 2.29. The van der Waals surface area contributed by atoms with Gasteiger partial charge in [-0.05, 0) is 87.2 Å². The Balaban J connectivity index is 1.70. The lowest BCUT2D eigenvalue weighted by molar-refractivity contribution is 0.172. The van der Waals surface area contributed by atoms with Crippen molar-refractivity contribution in [1.29, 1.82) is 0 Å². The zero-order valence-corrected chi connectivity index (χ0v) is 22.3. The third kappa shape index (κ3) is 4.66. The summed E-state index contributed by atoms with van der Waals surface area (Å²) in [6.07, 6.45) is 6.40. The van der Waals surface area contributed by atoms with E-state index in [1.165, 1.54) is 5.56 Å². The van der Waals surface area contributed by atoms with Crippen molar-refractivity contribution in [1.82, 2.24) is 4.90 Å². The maximum atomic E-state index is 6.72. The van der Waals surface area contributed by atoms with Gasteiger partial charge in [0.1, 0.15) is 0 Å². The third-order valence-electron chi connectivity index (χ3n) is 7.21. The minimum Gasteiger partial charge on any atom is -0.308 e. The molecule has 0 bridgehead atoms. The Morgan fingerprint density at radius 3 is 2.14 bits per heavy atom. The van der Waals surface area contributed by atoms with Gasteiger partial charge in [0.15, 0.2) is 0 Å². The van der Waals surface area contributed by atoms with Crippen LogP contribution in [0.5, 0.6) is 0 Å². The van der Waals surface area contributed by atoms with Crippen LogP contribution < -0.4 is 4.90 Å². The van der Waals surface area contributed by atoms with Gasteiger partial charge in [0.25, 0.3) is 0 Å². The number of anilines is 2. The molecule has 1 fully saturated rings. The summed E-state index contributed by atoms with van der Waals surface area (Å²) in [6, 6.07) is 18.9. The molecule has 3 aromatic rings. The van der Waals surface area contributed by atoms with Crippen LogP contribution in [0.2, 0.25) is 15.1 Å². The van der Waals surface area contributed by atoms with Crippen molar-refractivity contribution in [2.75, 3.05) is 18.0 Å². The SMILES string of the molecule is C=C1C=Cc2c(-c3ccccc3Cl)cc(C3CCN(C(C)C)CC3)cc2N1c1c(Cl)cccc1Cl. The fourth-order valence-corrected chi connectivity index (χ4v) is 6.09.